The number of carbonyl (C=O) groups is 2. The van der Waals surface area contributed by atoms with E-state index < -0.39 is 31.7 Å². The number of carbonyl (C=O) groups excluding carboxylic acids is 2. The van der Waals surface area contributed by atoms with Crippen LogP contribution in [0.15, 0.2) is 41.0 Å². The molecule has 0 aromatic rings. The van der Waals surface area contributed by atoms with Crippen molar-refractivity contribution in [2.75, 3.05) is 27.3 Å². The molecule has 41 heavy (non-hydrogen) atoms. The van der Waals surface area contributed by atoms with Crippen molar-refractivity contribution in [3.05, 3.63) is 36.0 Å². The molecule has 1 atom stereocenters. The Bertz CT molecular complexity index is 965. The third-order valence-electron chi connectivity index (χ3n) is 6.21. The fourth-order valence-corrected chi connectivity index (χ4v) is 3.92. The van der Waals surface area contributed by atoms with Gasteiger partial charge in [-0.25, -0.2) is 14.6 Å². The Hall–Kier alpha value is -2.50. The first-order valence-corrected chi connectivity index (χ1v) is 16.8. The number of rotatable bonds is 12. The Labute approximate surface area is 254 Å². The Morgan fingerprint density at radius 3 is 1.80 bits per heavy atom. The normalized spacial score (nSPS) is 13.9. The SMILES string of the molecule is C=C(/C=C(/Cl)N(C)C(C)N(C)/C=N\C(=C)N(C(=O)OC(C)(C)C)C(=O)OC(C)(C)C)OCCO[Si](C)(C)C(C)(C)C. The fourth-order valence-electron chi connectivity index (χ4n) is 2.63. The van der Waals surface area contributed by atoms with E-state index in [2.05, 4.69) is 52.0 Å². The van der Waals surface area contributed by atoms with Crippen molar-refractivity contribution in [2.45, 2.75) is 105 Å². The van der Waals surface area contributed by atoms with E-state index in [0.717, 1.165) is 0 Å². The first kappa shape index (κ1) is 38.5. The maximum Gasteiger partial charge on any atom is 0.425 e. The highest BCUT2D eigenvalue weighted by molar-refractivity contribution is 6.74. The fraction of sp³-hybridized carbons (Fsp3) is 0.690. The number of aliphatic imine (C=N–C) groups is 1. The van der Waals surface area contributed by atoms with E-state index in [9.17, 15) is 9.59 Å². The smallest absolute Gasteiger partial charge is 0.425 e. The van der Waals surface area contributed by atoms with Gasteiger partial charge in [-0.3, -0.25) is 0 Å². The first-order chi connectivity index (χ1) is 18.3. The minimum atomic E-state index is -1.85. The van der Waals surface area contributed by atoms with Crippen molar-refractivity contribution < 1.29 is 28.2 Å². The summed E-state index contributed by atoms with van der Waals surface area (Å²) in [6, 6.07) is 0. The summed E-state index contributed by atoms with van der Waals surface area (Å²) in [6.07, 6.45) is 0.878. The number of hydrogen-bond acceptors (Lipinski definition) is 8. The summed E-state index contributed by atoms with van der Waals surface area (Å²) in [5.41, 5.74) is -1.69. The van der Waals surface area contributed by atoms with E-state index in [1.165, 1.54) is 6.34 Å². The molecule has 0 N–H and O–H groups in total. The third-order valence-corrected chi connectivity index (χ3v) is 11.1. The van der Waals surface area contributed by atoms with Gasteiger partial charge in [-0.2, -0.15) is 4.90 Å². The van der Waals surface area contributed by atoms with Gasteiger partial charge in [0.15, 0.2) is 8.32 Å². The van der Waals surface area contributed by atoms with Crippen molar-refractivity contribution in [1.29, 1.82) is 0 Å². The second-order valence-corrected chi connectivity index (χ2v) is 18.5. The summed E-state index contributed by atoms with van der Waals surface area (Å²) in [5.74, 6) is 0.237. The molecule has 0 saturated heterocycles. The lowest BCUT2D eigenvalue weighted by Gasteiger charge is -2.36. The van der Waals surface area contributed by atoms with Crippen LogP contribution in [-0.2, 0) is 18.6 Å². The second kappa shape index (κ2) is 15.1. The van der Waals surface area contributed by atoms with Gasteiger partial charge in [-0.1, -0.05) is 45.5 Å². The maximum absolute atomic E-state index is 12.8. The van der Waals surface area contributed by atoms with Crippen LogP contribution in [0.3, 0.4) is 0 Å². The molecule has 2 amide bonds. The molecular weight excluding hydrogens is 564 g/mol. The van der Waals surface area contributed by atoms with Gasteiger partial charge in [0.25, 0.3) is 0 Å². The van der Waals surface area contributed by atoms with E-state index in [-0.39, 0.29) is 17.0 Å². The number of nitrogens with zero attached hydrogens (tertiary/aromatic N) is 4. The zero-order chi connectivity index (χ0) is 32.6. The van der Waals surface area contributed by atoms with Crippen LogP contribution >= 0.6 is 11.6 Å². The topological polar surface area (TPSA) is 93.1 Å². The predicted octanol–water partition coefficient (Wildman–Crippen LogP) is 7.50. The zero-order valence-electron chi connectivity index (χ0n) is 27.7. The van der Waals surface area contributed by atoms with Crippen LogP contribution in [0.25, 0.3) is 0 Å². The Kier molecular flexibility index (Phi) is 14.2. The van der Waals surface area contributed by atoms with Crippen molar-refractivity contribution in [3.8, 4) is 0 Å². The monoisotopic (exact) mass is 616 g/mol. The van der Waals surface area contributed by atoms with Crippen LogP contribution in [0.1, 0.15) is 69.2 Å². The molecule has 0 aliphatic heterocycles. The van der Waals surface area contributed by atoms with E-state index in [4.69, 9.17) is 30.2 Å². The molecule has 1 unspecified atom stereocenters. The molecule has 0 aliphatic rings. The van der Waals surface area contributed by atoms with Gasteiger partial charge in [0.1, 0.15) is 34.5 Å². The highest BCUT2D eigenvalue weighted by atomic mass is 35.5. The molecule has 0 saturated carbocycles. The highest BCUT2D eigenvalue weighted by Gasteiger charge is 2.37. The molecule has 0 bridgehead atoms. The van der Waals surface area contributed by atoms with Crippen molar-refractivity contribution in [3.63, 3.8) is 0 Å². The summed E-state index contributed by atoms with van der Waals surface area (Å²) in [5, 5.41) is 0.508. The van der Waals surface area contributed by atoms with Crippen LogP contribution < -0.4 is 0 Å². The number of ether oxygens (including phenoxy) is 3. The summed E-state index contributed by atoms with van der Waals surface area (Å²) >= 11 is 6.53. The summed E-state index contributed by atoms with van der Waals surface area (Å²) in [4.78, 5) is 34.0. The van der Waals surface area contributed by atoms with Crippen LogP contribution in [0.2, 0.25) is 18.1 Å². The molecule has 0 aromatic heterocycles. The lowest BCUT2D eigenvalue weighted by molar-refractivity contribution is 0.00820. The molecule has 0 aromatic carbocycles. The summed E-state index contributed by atoms with van der Waals surface area (Å²) in [6.45, 7) is 31.5. The number of hydrogen-bond donors (Lipinski definition) is 0. The molecular formula is C29H53ClN4O6Si. The van der Waals surface area contributed by atoms with Gasteiger partial charge < -0.3 is 28.4 Å². The van der Waals surface area contributed by atoms with Crippen LogP contribution in [0.5, 0.6) is 0 Å². The lowest BCUT2D eigenvalue weighted by Crippen LogP contribution is -2.43. The average molecular weight is 617 g/mol. The average Bonchev–Trinajstić information content (AvgIpc) is 2.76. The van der Waals surface area contributed by atoms with Crippen molar-refractivity contribution in [2.24, 2.45) is 4.99 Å². The molecule has 10 nitrogen and oxygen atoms in total. The maximum atomic E-state index is 12.8. The Balaban J connectivity index is 5.35. The molecule has 0 rings (SSSR count). The van der Waals surface area contributed by atoms with Gasteiger partial charge >= 0.3 is 12.2 Å². The van der Waals surface area contributed by atoms with Gasteiger partial charge in [-0.05, 0) is 66.6 Å². The van der Waals surface area contributed by atoms with Gasteiger partial charge in [0.05, 0.1) is 19.1 Å². The zero-order valence-corrected chi connectivity index (χ0v) is 29.4. The van der Waals surface area contributed by atoms with Crippen molar-refractivity contribution >= 4 is 38.4 Å². The highest BCUT2D eigenvalue weighted by Crippen LogP contribution is 2.36. The molecule has 236 valence electrons. The molecule has 0 heterocycles. The van der Waals surface area contributed by atoms with E-state index in [1.807, 2.05) is 6.92 Å². The molecule has 12 heteroatoms. The van der Waals surface area contributed by atoms with E-state index in [1.54, 1.807) is 71.5 Å². The molecule has 0 fully saturated rings. The number of halogens is 1. The largest absolute Gasteiger partial charge is 0.492 e. The quantitative estimate of drug-likeness (QED) is 0.0325. The molecule has 0 aliphatic carbocycles. The minimum absolute atomic E-state index is 0.123. The summed E-state index contributed by atoms with van der Waals surface area (Å²) < 4.78 is 22.6. The number of amides is 2. The predicted molar refractivity (Wildman–Crippen MR) is 169 cm³/mol. The van der Waals surface area contributed by atoms with Crippen LogP contribution in [0.4, 0.5) is 9.59 Å². The number of allylic oxidation sites excluding steroid dienone is 1. The minimum Gasteiger partial charge on any atom is -0.492 e. The van der Waals surface area contributed by atoms with Crippen LogP contribution in [0, 0.1) is 0 Å². The lowest BCUT2D eigenvalue weighted by atomic mass is 10.2. The van der Waals surface area contributed by atoms with Gasteiger partial charge in [0, 0.05) is 20.2 Å². The Morgan fingerprint density at radius 1 is 0.927 bits per heavy atom. The molecule has 0 radical (unpaired) electrons. The van der Waals surface area contributed by atoms with E-state index in [0.29, 0.717) is 29.0 Å². The standard InChI is InChI=1S/C29H53ClN4O6Si/c1-21(37-17-18-38-41(15,16)29(10,11)12)19-24(30)33(14)23(3)32(13)20-31-22(2)34(25(35)39-27(4,5)6)26(36)40-28(7,8)9/h19-20,23H,1-2,17-18H2,3-16H3/b24-19-,31-20-. The molecule has 0 spiro atoms. The van der Waals surface area contributed by atoms with Crippen LogP contribution in [-0.4, -0.2) is 86.2 Å². The van der Waals surface area contributed by atoms with E-state index >= 15 is 0 Å². The summed E-state index contributed by atoms with van der Waals surface area (Å²) in [7, 11) is 1.71. The van der Waals surface area contributed by atoms with Gasteiger partial charge in [-0.15, -0.1) is 0 Å². The second-order valence-electron chi connectivity index (χ2n) is 13.3. The van der Waals surface area contributed by atoms with Gasteiger partial charge in [0.2, 0.25) is 0 Å². The Morgan fingerprint density at radius 2 is 1.39 bits per heavy atom. The first-order valence-electron chi connectivity index (χ1n) is 13.6. The van der Waals surface area contributed by atoms with Crippen molar-refractivity contribution in [1.82, 2.24) is 14.7 Å². The number of imide groups is 1. The third kappa shape index (κ3) is 14.3.